The average Bonchev–Trinajstić information content (AvgIpc) is 3.19. The second-order valence-electron chi connectivity index (χ2n) is 9.44. The van der Waals surface area contributed by atoms with E-state index >= 15 is 0 Å². The summed E-state index contributed by atoms with van der Waals surface area (Å²) in [6, 6.07) is 13.7. The normalized spacial score (nSPS) is 15.1. The molecule has 0 radical (unpaired) electrons. The number of likely N-dealkylation sites (tertiary alicyclic amines) is 1. The van der Waals surface area contributed by atoms with Crippen molar-refractivity contribution in [2.45, 2.75) is 46.0 Å². The van der Waals surface area contributed by atoms with Crippen LogP contribution in [0.5, 0.6) is 5.88 Å². The van der Waals surface area contributed by atoms with Crippen LogP contribution < -0.4 is 4.74 Å². The zero-order chi connectivity index (χ0) is 22.7. The van der Waals surface area contributed by atoms with E-state index in [-0.39, 0.29) is 11.3 Å². The Morgan fingerprint density at radius 1 is 1.06 bits per heavy atom. The van der Waals surface area contributed by atoms with Crippen molar-refractivity contribution in [3.05, 3.63) is 65.6 Å². The van der Waals surface area contributed by atoms with E-state index in [2.05, 4.69) is 36.1 Å². The third-order valence-corrected chi connectivity index (χ3v) is 6.02. The van der Waals surface area contributed by atoms with Crippen LogP contribution in [0.3, 0.4) is 0 Å². The minimum Gasteiger partial charge on any atom is -0.476 e. The van der Waals surface area contributed by atoms with E-state index in [1.54, 1.807) is 6.20 Å². The lowest BCUT2D eigenvalue weighted by Crippen LogP contribution is -2.39. The average molecular weight is 434 g/mol. The van der Waals surface area contributed by atoms with Gasteiger partial charge in [-0.15, -0.1) is 5.10 Å². The number of nitrogens with zero attached hydrogens (tertiary/aromatic N) is 5. The summed E-state index contributed by atoms with van der Waals surface area (Å²) >= 11 is 0. The van der Waals surface area contributed by atoms with Gasteiger partial charge in [0.1, 0.15) is 0 Å². The highest BCUT2D eigenvalue weighted by Crippen LogP contribution is 2.23. The lowest BCUT2D eigenvalue weighted by atomic mass is 9.92. The highest BCUT2D eigenvalue weighted by atomic mass is 16.5. The maximum atomic E-state index is 13.1. The molecular weight excluding hydrogens is 402 g/mol. The summed E-state index contributed by atoms with van der Waals surface area (Å²) in [7, 11) is 0. The number of ether oxygens (including phenoxy) is 1. The Kier molecular flexibility index (Phi) is 6.26. The van der Waals surface area contributed by atoms with Gasteiger partial charge in [-0.1, -0.05) is 39.0 Å². The van der Waals surface area contributed by atoms with E-state index in [9.17, 15) is 4.79 Å². The molecule has 1 fully saturated rings. The molecule has 32 heavy (non-hydrogen) atoms. The first-order valence-electron chi connectivity index (χ1n) is 11.2. The molecule has 1 saturated heterocycles. The quantitative estimate of drug-likeness (QED) is 0.603. The second-order valence-corrected chi connectivity index (χ2v) is 9.44. The third kappa shape index (κ3) is 4.82. The number of carbonyl (C=O) groups is 1. The summed E-state index contributed by atoms with van der Waals surface area (Å²) in [6.07, 6.45) is 3.50. The Morgan fingerprint density at radius 3 is 2.41 bits per heavy atom. The first-order valence-corrected chi connectivity index (χ1v) is 11.2. The van der Waals surface area contributed by atoms with Crippen molar-refractivity contribution in [2.24, 2.45) is 5.92 Å². The zero-order valence-electron chi connectivity index (χ0n) is 19.3. The van der Waals surface area contributed by atoms with E-state index < -0.39 is 0 Å². The number of piperidine rings is 1. The van der Waals surface area contributed by atoms with Gasteiger partial charge in [0.2, 0.25) is 5.88 Å². The summed E-state index contributed by atoms with van der Waals surface area (Å²) in [5.74, 6) is 1.00. The summed E-state index contributed by atoms with van der Waals surface area (Å²) in [4.78, 5) is 15.0. The van der Waals surface area contributed by atoms with Crippen LogP contribution in [-0.4, -0.2) is 50.5 Å². The fourth-order valence-electron chi connectivity index (χ4n) is 3.92. The molecular formula is C25H31N5O2. The Hall–Kier alpha value is -3.22. The number of benzene rings is 1. The molecule has 0 unspecified atom stereocenters. The minimum absolute atomic E-state index is 0.0269. The van der Waals surface area contributed by atoms with Crippen LogP contribution in [0.4, 0.5) is 0 Å². The van der Waals surface area contributed by atoms with E-state index in [0.717, 1.165) is 43.0 Å². The van der Waals surface area contributed by atoms with Gasteiger partial charge in [-0.3, -0.25) is 4.79 Å². The third-order valence-electron chi connectivity index (χ3n) is 6.02. The van der Waals surface area contributed by atoms with Crippen molar-refractivity contribution in [3.63, 3.8) is 0 Å². The molecule has 0 saturated carbocycles. The summed E-state index contributed by atoms with van der Waals surface area (Å²) < 4.78 is 7.69. The molecule has 3 heterocycles. The smallest absolute Gasteiger partial charge is 0.257 e. The maximum Gasteiger partial charge on any atom is 0.257 e. The van der Waals surface area contributed by atoms with Gasteiger partial charge >= 0.3 is 0 Å². The molecule has 4 rings (SSSR count). The predicted octanol–water partition coefficient (Wildman–Crippen LogP) is 4.20. The Bertz CT molecular complexity index is 1050. The van der Waals surface area contributed by atoms with Crippen LogP contribution in [0.15, 0.2) is 48.7 Å². The fourth-order valence-corrected chi connectivity index (χ4v) is 3.92. The summed E-state index contributed by atoms with van der Waals surface area (Å²) in [5, 5.41) is 12.9. The minimum atomic E-state index is -0.0269. The summed E-state index contributed by atoms with van der Waals surface area (Å²) in [6.45, 7) is 10.3. The van der Waals surface area contributed by atoms with Crippen molar-refractivity contribution in [3.8, 4) is 11.6 Å². The van der Waals surface area contributed by atoms with E-state index in [1.165, 1.54) is 0 Å². The molecule has 2 aromatic heterocycles. The van der Waals surface area contributed by atoms with E-state index in [0.29, 0.717) is 24.0 Å². The largest absolute Gasteiger partial charge is 0.476 e. The Labute approximate surface area is 189 Å². The molecule has 0 bridgehead atoms. The molecule has 168 valence electrons. The highest BCUT2D eigenvalue weighted by Gasteiger charge is 2.26. The number of hydrogen-bond acceptors (Lipinski definition) is 5. The van der Waals surface area contributed by atoms with Crippen LogP contribution in [0.25, 0.3) is 5.69 Å². The second kappa shape index (κ2) is 9.10. The van der Waals surface area contributed by atoms with Gasteiger partial charge in [0.15, 0.2) is 0 Å². The van der Waals surface area contributed by atoms with Gasteiger partial charge in [-0.05, 0) is 43.9 Å². The van der Waals surface area contributed by atoms with Crippen molar-refractivity contribution in [2.75, 3.05) is 19.7 Å². The first kappa shape index (κ1) is 22.0. The fraction of sp³-hybridized carbons (Fsp3) is 0.440. The van der Waals surface area contributed by atoms with Gasteiger partial charge in [0.25, 0.3) is 5.91 Å². The Morgan fingerprint density at radius 2 is 1.78 bits per heavy atom. The summed E-state index contributed by atoms with van der Waals surface area (Å²) in [5.41, 5.74) is 3.41. The lowest BCUT2D eigenvalue weighted by Gasteiger charge is -2.31. The van der Waals surface area contributed by atoms with Crippen LogP contribution in [0, 0.1) is 12.8 Å². The predicted molar refractivity (Wildman–Crippen MR) is 123 cm³/mol. The van der Waals surface area contributed by atoms with Crippen molar-refractivity contribution in [1.82, 2.24) is 24.9 Å². The standard InChI is InChI=1S/C25H31N5O2/c1-18-21(16-26-30(18)20-8-6-5-7-9-20)24(31)29-14-12-19(13-15-29)17-32-23-11-10-22(27-28-23)25(2,3)4/h5-11,16,19H,12-15,17H2,1-4H3. The number of rotatable bonds is 5. The lowest BCUT2D eigenvalue weighted by molar-refractivity contribution is 0.0658. The molecule has 1 amide bonds. The van der Waals surface area contributed by atoms with Crippen molar-refractivity contribution < 1.29 is 9.53 Å². The number of amides is 1. The number of aromatic nitrogens is 4. The van der Waals surface area contributed by atoms with Gasteiger partial charge in [-0.25, -0.2) is 4.68 Å². The topological polar surface area (TPSA) is 73.1 Å². The van der Waals surface area contributed by atoms with Gasteiger partial charge in [0, 0.05) is 24.6 Å². The molecule has 7 nitrogen and oxygen atoms in total. The maximum absolute atomic E-state index is 13.1. The van der Waals surface area contributed by atoms with E-state index in [4.69, 9.17) is 4.74 Å². The van der Waals surface area contributed by atoms with Crippen molar-refractivity contribution in [1.29, 1.82) is 0 Å². The molecule has 1 aliphatic rings. The zero-order valence-corrected chi connectivity index (χ0v) is 19.3. The monoisotopic (exact) mass is 433 g/mol. The van der Waals surface area contributed by atoms with Gasteiger partial charge in [0.05, 0.1) is 35.4 Å². The van der Waals surface area contributed by atoms with Crippen LogP contribution in [0.1, 0.15) is 55.4 Å². The molecule has 3 aromatic rings. The number of carbonyl (C=O) groups excluding carboxylic acids is 1. The molecule has 0 atom stereocenters. The van der Waals surface area contributed by atoms with Crippen LogP contribution in [0.2, 0.25) is 0 Å². The SMILES string of the molecule is Cc1c(C(=O)N2CCC(COc3ccc(C(C)(C)C)nn3)CC2)cnn1-c1ccccc1. The molecule has 0 N–H and O–H groups in total. The van der Waals surface area contributed by atoms with Gasteiger partial charge < -0.3 is 9.64 Å². The molecule has 0 spiro atoms. The van der Waals surface area contributed by atoms with Crippen molar-refractivity contribution >= 4 is 5.91 Å². The molecule has 1 aliphatic heterocycles. The molecule has 1 aromatic carbocycles. The number of para-hydroxylation sites is 1. The molecule has 0 aliphatic carbocycles. The number of hydrogen-bond donors (Lipinski definition) is 0. The van der Waals surface area contributed by atoms with Gasteiger partial charge in [-0.2, -0.15) is 10.2 Å². The first-order chi connectivity index (χ1) is 15.3. The van der Waals surface area contributed by atoms with Crippen LogP contribution in [-0.2, 0) is 5.41 Å². The molecule has 7 heteroatoms. The Balaban J connectivity index is 1.30. The van der Waals surface area contributed by atoms with Crippen LogP contribution >= 0.6 is 0 Å². The van der Waals surface area contributed by atoms with E-state index in [1.807, 2.05) is 59.0 Å². The highest BCUT2D eigenvalue weighted by molar-refractivity contribution is 5.95.